The van der Waals surface area contributed by atoms with Crippen LogP contribution in [0.1, 0.15) is 31.2 Å². The summed E-state index contributed by atoms with van der Waals surface area (Å²) in [5.74, 6) is 1.10. The lowest BCUT2D eigenvalue weighted by Crippen LogP contribution is -2.36. The predicted molar refractivity (Wildman–Crippen MR) is 92.2 cm³/mol. The van der Waals surface area contributed by atoms with Crippen molar-refractivity contribution in [1.82, 2.24) is 16.0 Å². The van der Waals surface area contributed by atoms with E-state index in [4.69, 9.17) is 0 Å². The normalized spacial score (nSPS) is 25.6. The van der Waals surface area contributed by atoms with Gasteiger partial charge in [-0.2, -0.15) is 11.8 Å². The molecule has 1 aromatic carbocycles. The van der Waals surface area contributed by atoms with Crippen LogP contribution in [0, 0.1) is 0 Å². The molecule has 3 amide bonds. The van der Waals surface area contributed by atoms with Gasteiger partial charge in [0.2, 0.25) is 5.91 Å². The van der Waals surface area contributed by atoms with Crippen LogP contribution in [-0.4, -0.2) is 35.0 Å². The summed E-state index contributed by atoms with van der Waals surface area (Å²) in [4.78, 5) is 23.2. The molecule has 0 radical (unpaired) electrons. The van der Waals surface area contributed by atoms with Crippen LogP contribution in [0.25, 0.3) is 0 Å². The van der Waals surface area contributed by atoms with Crippen molar-refractivity contribution in [1.29, 1.82) is 0 Å². The number of carbonyl (C=O) groups is 2. The number of rotatable bonds is 7. The molecule has 2 saturated heterocycles. The van der Waals surface area contributed by atoms with Gasteiger partial charge in [-0.25, -0.2) is 4.79 Å². The molecule has 0 unspecified atom stereocenters. The zero-order valence-electron chi connectivity index (χ0n) is 13.1. The van der Waals surface area contributed by atoms with Gasteiger partial charge in [0.15, 0.2) is 0 Å². The second-order valence-electron chi connectivity index (χ2n) is 6.13. The first kappa shape index (κ1) is 16.2. The minimum atomic E-state index is -0.0365. The van der Waals surface area contributed by atoms with E-state index in [-0.39, 0.29) is 24.0 Å². The number of thioether (sulfide) groups is 1. The first-order valence-corrected chi connectivity index (χ1v) is 9.26. The number of unbranched alkanes of at least 4 members (excludes halogenated alkanes) is 1. The first-order valence-electron chi connectivity index (χ1n) is 8.21. The fraction of sp³-hybridized carbons (Fsp3) is 0.529. The molecule has 0 bridgehead atoms. The van der Waals surface area contributed by atoms with Gasteiger partial charge in [0.1, 0.15) is 0 Å². The summed E-state index contributed by atoms with van der Waals surface area (Å²) in [6.45, 7) is 0.597. The van der Waals surface area contributed by atoms with Crippen molar-refractivity contribution in [2.75, 3.05) is 5.75 Å². The summed E-state index contributed by atoms with van der Waals surface area (Å²) in [7, 11) is 0. The van der Waals surface area contributed by atoms with Crippen molar-refractivity contribution in [3.05, 3.63) is 35.9 Å². The van der Waals surface area contributed by atoms with Crippen molar-refractivity contribution in [3.63, 3.8) is 0 Å². The maximum absolute atomic E-state index is 11.9. The molecule has 1 aromatic rings. The zero-order valence-corrected chi connectivity index (χ0v) is 13.9. The van der Waals surface area contributed by atoms with E-state index in [1.165, 1.54) is 0 Å². The average molecular weight is 333 g/mol. The lowest BCUT2D eigenvalue weighted by Gasteiger charge is -2.16. The van der Waals surface area contributed by atoms with Gasteiger partial charge in [-0.1, -0.05) is 36.8 Å². The molecule has 0 saturated carbocycles. The topological polar surface area (TPSA) is 70.2 Å². The third kappa shape index (κ3) is 4.41. The molecular formula is C17H23N3O2S. The quantitative estimate of drug-likeness (QED) is 0.528. The molecule has 0 aromatic heterocycles. The summed E-state index contributed by atoms with van der Waals surface area (Å²) in [6.07, 6.45) is 3.55. The summed E-state index contributed by atoms with van der Waals surface area (Å²) in [5, 5.41) is 9.39. The van der Waals surface area contributed by atoms with Gasteiger partial charge < -0.3 is 16.0 Å². The van der Waals surface area contributed by atoms with Crippen LogP contribution in [0.4, 0.5) is 4.79 Å². The Labute approximate surface area is 141 Å². The maximum Gasteiger partial charge on any atom is 0.315 e. The van der Waals surface area contributed by atoms with Gasteiger partial charge in [0, 0.05) is 24.0 Å². The Balaban J connectivity index is 1.29. The molecule has 0 spiro atoms. The summed E-state index contributed by atoms with van der Waals surface area (Å²) >= 11 is 1.93. The Bertz CT molecular complexity index is 552. The molecule has 2 aliphatic heterocycles. The van der Waals surface area contributed by atoms with Crippen LogP contribution in [0.2, 0.25) is 0 Å². The van der Waals surface area contributed by atoms with E-state index in [1.807, 2.05) is 42.1 Å². The molecule has 5 nitrogen and oxygen atoms in total. The minimum Gasteiger partial charge on any atom is -0.352 e. The Kier molecular flexibility index (Phi) is 5.43. The maximum atomic E-state index is 11.9. The summed E-state index contributed by atoms with van der Waals surface area (Å²) in [6, 6.07) is 10.5. The van der Waals surface area contributed by atoms with Gasteiger partial charge in [0.05, 0.1) is 12.1 Å². The smallest absolute Gasteiger partial charge is 0.315 e. The molecule has 124 valence electrons. The monoisotopic (exact) mass is 333 g/mol. The zero-order chi connectivity index (χ0) is 16.1. The predicted octanol–water partition coefficient (Wildman–Crippen LogP) is 2.03. The molecule has 23 heavy (non-hydrogen) atoms. The van der Waals surface area contributed by atoms with Crippen LogP contribution in [0.15, 0.2) is 30.3 Å². The highest BCUT2D eigenvalue weighted by molar-refractivity contribution is 8.00. The van der Waals surface area contributed by atoms with Crippen molar-refractivity contribution in [2.24, 2.45) is 0 Å². The highest BCUT2D eigenvalue weighted by atomic mass is 32.2. The minimum absolute atomic E-state index is 0.0365. The van der Waals surface area contributed by atoms with Crippen LogP contribution in [0.3, 0.4) is 0 Å². The van der Waals surface area contributed by atoms with E-state index in [1.54, 1.807) is 0 Å². The molecule has 2 aliphatic rings. The van der Waals surface area contributed by atoms with Crippen molar-refractivity contribution >= 4 is 23.7 Å². The first-order chi connectivity index (χ1) is 11.2. The van der Waals surface area contributed by atoms with Crippen LogP contribution < -0.4 is 16.0 Å². The number of hydrogen-bond donors (Lipinski definition) is 3. The lowest BCUT2D eigenvalue weighted by molar-refractivity contribution is -0.121. The molecule has 3 rings (SSSR count). The molecular weight excluding hydrogens is 310 g/mol. The van der Waals surface area contributed by atoms with Crippen LogP contribution in [0.5, 0.6) is 0 Å². The van der Waals surface area contributed by atoms with Crippen molar-refractivity contribution in [2.45, 2.75) is 49.6 Å². The molecule has 0 aliphatic carbocycles. The number of urea groups is 1. The Morgan fingerprint density at radius 1 is 1.22 bits per heavy atom. The lowest BCUT2D eigenvalue weighted by atomic mass is 10.0. The number of carbonyl (C=O) groups excluding carboxylic acids is 2. The van der Waals surface area contributed by atoms with Gasteiger partial charge in [-0.3, -0.25) is 4.79 Å². The molecule has 3 atom stereocenters. The summed E-state index contributed by atoms with van der Waals surface area (Å²) < 4.78 is 0. The standard InChI is InChI=1S/C17H23N3O2S/c21-15(18-10-12-6-2-1-3-7-12)9-5-4-8-14-16-13(11-23-14)19-17(22)20-16/h1-3,6-7,13-14,16H,4-5,8-11H2,(H,18,21)(H2,19,20,22)/t13-,14-,16+/m0/s1. The second kappa shape index (κ2) is 7.73. The Morgan fingerprint density at radius 3 is 2.87 bits per heavy atom. The van der Waals surface area contributed by atoms with E-state index in [9.17, 15) is 9.59 Å². The average Bonchev–Trinajstić information content (AvgIpc) is 3.10. The Hall–Kier alpha value is -1.69. The third-order valence-electron chi connectivity index (χ3n) is 4.41. The largest absolute Gasteiger partial charge is 0.352 e. The van der Waals surface area contributed by atoms with Gasteiger partial charge in [0.25, 0.3) is 0 Å². The fourth-order valence-corrected chi connectivity index (χ4v) is 4.70. The van der Waals surface area contributed by atoms with Crippen molar-refractivity contribution in [3.8, 4) is 0 Å². The van der Waals surface area contributed by atoms with Gasteiger partial charge in [-0.05, 0) is 18.4 Å². The number of benzene rings is 1. The van der Waals surface area contributed by atoms with Crippen LogP contribution in [-0.2, 0) is 11.3 Å². The van der Waals surface area contributed by atoms with Crippen LogP contribution >= 0.6 is 11.8 Å². The van der Waals surface area contributed by atoms with E-state index in [0.717, 1.165) is 30.6 Å². The Morgan fingerprint density at radius 2 is 2.04 bits per heavy atom. The highest BCUT2D eigenvalue weighted by Crippen LogP contribution is 2.33. The van der Waals surface area contributed by atoms with Gasteiger partial charge in [-0.15, -0.1) is 0 Å². The second-order valence-corrected chi connectivity index (χ2v) is 7.40. The van der Waals surface area contributed by atoms with E-state index < -0.39 is 0 Å². The number of amides is 3. The number of fused-ring (bicyclic) bond motifs is 1. The van der Waals surface area contributed by atoms with Crippen molar-refractivity contribution < 1.29 is 9.59 Å². The number of hydrogen-bond acceptors (Lipinski definition) is 3. The van der Waals surface area contributed by atoms with Gasteiger partial charge >= 0.3 is 6.03 Å². The highest BCUT2D eigenvalue weighted by Gasteiger charge is 2.42. The summed E-state index contributed by atoms with van der Waals surface area (Å²) in [5.41, 5.74) is 1.12. The van der Waals surface area contributed by atoms with E-state index in [2.05, 4.69) is 16.0 Å². The molecule has 3 N–H and O–H groups in total. The van der Waals surface area contributed by atoms with E-state index >= 15 is 0 Å². The number of nitrogens with one attached hydrogen (secondary N) is 3. The molecule has 2 heterocycles. The molecule has 6 heteroatoms. The fourth-order valence-electron chi connectivity index (χ4n) is 3.16. The van der Waals surface area contributed by atoms with E-state index in [0.29, 0.717) is 18.2 Å². The third-order valence-corrected chi connectivity index (χ3v) is 5.92. The molecule has 2 fully saturated rings. The SMILES string of the molecule is O=C(CCCC[C@@H]1SC[C@@H]2NC(=O)N[C@H]21)NCc1ccccc1.